The molecule has 0 saturated carbocycles. The highest BCUT2D eigenvalue weighted by molar-refractivity contribution is 5.88. The van der Waals surface area contributed by atoms with Crippen molar-refractivity contribution < 1.29 is 9.13 Å². The lowest BCUT2D eigenvalue weighted by molar-refractivity contribution is 0.231. The summed E-state index contributed by atoms with van der Waals surface area (Å²) < 4.78 is 19.5. The summed E-state index contributed by atoms with van der Waals surface area (Å²) in [7, 11) is 0. The largest absolute Gasteiger partial charge is 0.488 e. The SMILES string of the molecule is Cc1c(Nc2ccc(OC(C)C)c(F)c2)[nH]c(=O)c2ccccc12. The van der Waals surface area contributed by atoms with Crippen molar-refractivity contribution in [3.63, 3.8) is 0 Å². The molecule has 0 aliphatic heterocycles. The second-order valence-electron chi connectivity index (χ2n) is 5.94. The van der Waals surface area contributed by atoms with Crippen LogP contribution in [0.4, 0.5) is 15.9 Å². The first-order valence-electron chi connectivity index (χ1n) is 7.80. The number of benzene rings is 2. The molecule has 2 N–H and O–H groups in total. The standard InChI is InChI=1S/C19H19FN2O2/c1-11(2)24-17-9-8-13(10-16(17)20)21-18-12(3)14-6-4-5-7-15(14)19(23)22-18/h4-11H,1-3H3,(H2,21,22,23). The minimum Gasteiger partial charge on any atom is -0.488 e. The van der Waals surface area contributed by atoms with E-state index < -0.39 is 5.82 Å². The first-order chi connectivity index (χ1) is 11.5. The van der Waals surface area contributed by atoms with E-state index in [1.807, 2.05) is 39.0 Å². The molecule has 0 unspecified atom stereocenters. The molecule has 0 atom stereocenters. The minimum atomic E-state index is -0.450. The van der Waals surface area contributed by atoms with Crippen molar-refractivity contribution >= 4 is 22.3 Å². The molecule has 3 rings (SSSR count). The number of fused-ring (bicyclic) bond motifs is 1. The van der Waals surface area contributed by atoms with Gasteiger partial charge in [0.15, 0.2) is 11.6 Å². The summed E-state index contributed by atoms with van der Waals surface area (Å²) in [5, 5.41) is 4.57. The molecule has 4 nitrogen and oxygen atoms in total. The van der Waals surface area contributed by atoms with Crippen LogP contribution in [0.2, 0.25) is 0 Å². The zero-order valence-electron chi connectivity index (χ0n) is 13.8. The Bertz CT molecular complexity index is 948. The van der Waals surface area contributed by atoms with Crippen molar-refractivity contribution in [1.29, 1.82) is 0 Å². The fraction of sp³-hybridized carbons (Fsp3) is 0.211. The summed E-state index contributed by atoms with van der Waals surface area (Å²) in [6.45, 7) is 5.59. The smallest absolute Gasteiger partial charge is 0.257 e. The van der Waals surface area contributed by atoms with Gasteiger partial charge in [0.2, 0.25) is 0 Å². The number of rotatable bonds is 4. The van der Waals surface area contributed by atoms with Crippen LogP contribution < -0.4 is 15.6 Å². The molecular formula is C19H19FN2O2. The molecule has 0 bridgehead atoms. The Morgan fingerprint density at radius 3 is 2.50 bits per heavy atom. The molecule has 5 heteroatoms. The molecule has 0 radical (unpaired) electrons. The number of aromatic amines is 1. The van der Waals surface area contributed by atoms with E-state index in [1.54, 1.807) is 18.2 Å². The monoisotopic (exact) mass is 326 g/mol. The van der Waals surface area contributed by atoms with Crippen LogP contribution in [0.3, 0.4) is 0 Å². The number of H-pyrrole nitrogens is 1. The Hall–Kier alpha value is -2.82. The third kappa shape index (κ3) is 3.11. The van der Waals surface area contributed by atoms with E-state index in [4.69, 9.17) is 4.74 Å². The predicted octanol–water partition coefficient (Wildman–Crippen LogP) is 4.51. The number of hydrogen-bond donors (Lipinski definition) is 2. The lowest BCUT2D eigenvalue weighted by Gasteiger charge is -2.14. The van der Waals surface area contributed by atoms with Gasteiger partial charge in [-0.3, -0.25) is 4.79 Å². The zero-order valence-corrected chi connectivity index (χ0v) is 13.8. The topological polar surface area (TPSA) is 54.1 Å². The van der Waals surface area contributed by atoms with Crippen molar-refractivity contribution in [1.82, 2.24) is 4.98 Å². The summed E-state index contributed by atoms with van der Waals surface area (Å²) in [6, 6.07) is 12.0. The number of nitrogens with one attached hydrogen (secondary N) is 2. The summed E-state index contributed by atoms with van der Waals surface area (Å²) in [5.41, 5.74) is 1.25. The maximum atomic E-state index is 14.1. The molecule has 124 valence electrons. The van der Waals surface area contributed by atoms with Gasteiger partial charge in [0.1, 0.15) is 5.82 Å². The van der Waals surface area contributed by atoms with Crippen LogP contribution >= 0.6 is 0 Å². The van der Waals surface area contributed by atoms with E-state index >= 15 is 0 Å². The number of hydrogen-bond acceptors (Lipinski definition) is 3. The average molecular weight is 326 g/mol. The third-order valence-corrected chi connectivity index (χ3v) is 3.75. The van der Waals surface area contributed by atoms with Crippen LogP contribution in [0, 0.1) is 12.7 Å². The molecule has 2 aromatic carbocycles. The fourth-order valence-corrected chi connectivity index (χ4v) is 2.61. The van der Waals surface area contributed by atoms with Crippen LogP contribution in [-0.4, -0.2) is 11.1 Å². The van der Waals surface area contributed by atoms with Crippen LogP contribution in [0.5, 0.6) is 5.75 Å². The molecule has 1 aromatic heterocycles. The highest BCUT2D eigenvalue weighted by Gasteiger charge is 2.10. The normalized spacial score (nSPS) is 11.0. The van der Waals surface area contributed by atoms with Gasteiger partial charge < -0.3 is 15.0 Å². The maximum Gasteiger partial charge on any atom is 0.257 e. The van der Waals surface area contributed by atoms with Crippen LogP contribution in [0.1, 0.15) is 19.4 Å². The first kappa shape index (κ1) is 16.1. The first-order valence-corrected chi connectivity index (χ1v) is 7.80. The zero-order chi connectivity index (χ0) is 17.3. The molecule has 1 heterocycles. The Balaban J connectivity index is 1.97. The predicted molar refractivity (Wildman–Crippen MR) is 94.8 cm³/mol. The summed E-state index contributed by atoms with van der Waals surface area (Å²) >= 11 is 0. The molecule has 0 saturated heterocycles. The Kier molecular flexibility index (Phi) is 4.25. The van der Waals surface area contributed by atoms with Gasteiger partial charge >= 0.3 is 0 Å². The lowest BCUT2D eigenvalue weighted by Crippen LogP contribution is -2.11. The van der Waals surface area contributed by atoms with E-state index in [-0.39, 0.29) is 17.4 Å². The quantitative estimate of drug-likeness (QED) is 0.742. The second kappa shape index (κ2) is 6.35. The van der Waals surface area contributed by atoms with Gasteiger partial charge in [0, 0.05) is 17.1 Å². The van der Waals surface area contributed by atoms with E-state index in [2.05, 4.69) is 10.3 Å². The van der Waals surface area contributed by atoms with Gasteiger partial charge in [-0.05, 0) is 49.9 Å². The maximum absolute atomic E-state index is 14.1. The van der Waals surface area contributed by atoms with Crippen molar-refractivity contribution in [3.8, 4) is 5.75 Å². The molecule has 3 aromatic rings. The van der Waals surface area contributed by atoms with Crippen LogP contribution in [0.25, 0.3) is 10.8 Å². The Morgan fingerprint density at radius 2 is 1.83 bits per heavy atom. The van der Waals surface area contributed by atoms with E-state index in [9.17, 15) is 9.18 Å². The van der Waals surface area contributed by atoms with Gasteiger partial charge in [-0.15, -0.1) is 0 Å². The number of pyridine rings is 1. The number of aromatic nitrogens is 1. The van der Waals surface area contributed by atoms with Gasteiger partial charge in [-0.2, -0.15) is 0 Å². The number of anilines is 2. The fourth-order valence-electron chi connectivity index (χ4n) is 2.61. The molecule has 0 aliphatic carbocycles. The lowest BCUT2D eigenvalue weighted by atomic mass is 10.1. The van der Waals surface area contributed by atoms with Gasteiger partial charge in [-0.25, -0.2) is 4.39 Å². The van der Waals surface area contributed by atoms with Crippen molar-refractivity contribution in [2.75, 3.05) is 5.32 Å². The molecule has 0 spiro atoms. The van der Waals surface area contributed by atoms with Crippen molar-refractivity contribution in [3.05, 3.63) is 64.2 Å². The van der Waals surface area contributed by atoms with Crippen LogP contribution in [0.15, 0.2) is 47.3 Å². The highest BCUT2D eigenvalue weighted by atomic mass is 19.1. The van der Waals surface area contributed by atoms with Crippen LogP contribution in [-0.2, 0) is 0 Å². The van der Waals surface area contributed by atoms with Gasteiger partial charge in [0.25, 0.3) is 5.56 Å². The van der Waals surface area contributed by atoms with Gasteiger partial charge in [0.05, 0.1) is 6.10 Å². The molecule has 0 amide bonds. The Labute approximate surface area is 139 Å². The Morgan fingerprint density at radius 1 is 1.12 bits per heavy atom. The molecule has 0 aliphatic rings. The number of ether oxygens (including phenoxy) is 1. The van der Waals surface area contributed by atoms with E-state index in [0.29, 0.717) is 16.9 Å². The highest BCUT2D eigenvalue weighted by Crippen LogP contribution is 2.27. The number of halogens is 1. The van der Waals surface area contributed by atoms with Crippen molar-refractivity contribution in [2.24, 2.45) is 0 Å². The molecule has 0 fully saturated rings. The second-order valence-corrected chi connectivity index (χ2v) is 5.94. The molecular weight excluding hydrogens is 307 g/mol. The number of aryl methyl sites for hydroxylation is 1. The van der Waals surface area contributed by atoms with Gasteiger partial charge in [-0.1, -0.05) is 18.2 Å². The molecule has 24 heavy (non-hydrogen) atoms. The van der Waals surface area contributed by atoms with Crippen molar-refractivity contribution in [2.45, 2.75) is 26.9 Å². The summed E-state index contributed by atoms with van der Waals surface area (Å²) in [4.78, 5) is 15.0. The third-order valence-electron chi connectivity index (χ3n) is 3.75. The summed E-state index contributed by atoms with van der Waals surface area (Å²) in [5.74, 6) is 0.310. The van der Waals surface area contributed by atoms with E-state index in [0.717, 1.165) is 10.9 Å². The summed E-state index contributed by atoms with van der Waals surface area (Å²) in [6.07, 6.45) is -0.0996. The van der Waals surface area contributed by atoms with E-state index in [1.165, 1.54) is 6.07 Å². The minimum absolute atomic E-state index is 0.0996. The average Bonchev–Trinajstić information content (AvgIpc) is 2.54.